The third kappa shape index (κ3) is 4.95. The molecule has 0 unspecified atom stereocenters. The van der Waals surface area contributed by atoms with E-state index in [1.165, 1.54) is 13.0 Å². The van der Waals surface area contributed by atoms with Crippen molar-refractivity contribution in [1.82, 2.24) is 4.98 Å². The molecule has 1 aromatic heterocycles. The van der Waals surface area contributed by atoms with Crippen molar-refractivity contribution in [2.24, 2.45) is 0 Å². The van der Waals surface area contributed by atoms with Gasteiger partial charge in [0.25, 0.3) is 5.91 Å². The first-order chi connectivity index (χ1) is 14.6. The summed E-state index contributed by atoms with van der Waals surface area (Å²) < 4.78 is 71.6. The molecule has 3 rings (SSSR count). The highest BCUT2D eigenvalue weighted by molar-refractivity contribution is 6.06. The number of aromatic nitrogens is 1. The first-order valence-electron chi connectivity index (χ1n) is 8.60. The van der Waals surface area contributed by atoms with Gasteiger partial charge in [0.2, 0.25) is 5.88 Å². The summed E-state index contributed by atoms with van der Waals surface area (Å²) in [4.78, 5) is 16.3. The average molecular weight is 433 g/mol. The lowest BCUT2D eigenvalue weighted by Gasteiger charge is -2.14. The second-order valence-corrected chi connectivity index (χ2v) is 6.35. The van der Waals surface area contributed by atoms with Crippen LogP contribution in [-0.2, 0) is 6.18 Å². The molecule has 0 aliphatic carbocycles. The number of nitriles is 1. The molecule has 3 aromatic rings. The predicted octanol–water partition coefficient (Wildman–Crippen LogP) is 5.60. The largest absolute Gasteiger partial charge is 0.438 e. The van der Waals surface area contributed by atoms with Gasteiger partial charge in [-0.1, -0.05) is 0 Å². The van der Waals surface area contributed by atoms with Crippen LogP contribution < -0.4 is 10.1 Å². The number of hydrogen-bond acceptors (Lipinski definition) is 4. The molecule has 0 aliphatic heterocycles. The molecular formula is C21H12F5N3O2. The molecule has 0 fully saturated rings. The molecule has 1 heterocycles. The number of halogens is 5. The monoisotopic (exact) mass is 433 g/mol. The van der Waals surface area contributed by atoms with Crippen molar-refractivity contribution in [3.63, 3.8) is 0 Å². The lowest BCUT2D eigenvalue weighted by Crippen LogP contribution is -2.16. The molecule has 1 N–H and O–H groups in total. The molecule has 0 bridgehead atoms. The fourth-order valence-electron chi connectivity index (χ4n) is 2.57. The van der Waals surface area contributed by atoms with Gasteiger partial charge in [-0.2, -0.15) is 18.4 Å². The third-order valence-corrected chi connectivity index (χ3v) is 4.11. The van der Waals surface area contributed by atoms with Crippen LogP contribution >= 0.6 is 0 Å². The van der Waals surface area contributed by atoms with E-state index >= 15 is 0 Å². The lowest BCUT2D eigenvalue weighted by atomic mass is 10.1. The number of nitrogens with zero attached hydrogens (tertiary/aromatic N) is 2. The molecule has 0 aliphatic rings. The van der Waals surface area contributed by atoms with Crippen molar-refractivity contribution in [3.05, 3.63) is 82.5 Å². The summed E-state index contributed by atoms with van der Waals surface area (Å²) in [6.07, 6.45) is -4.28. The zero-order valence-corrected chi connectivity index (χ0v) is 15.7. The molecule has 2 aromatic carbocycles. The zero-order valence-electron chi connectivity index (χ0n) is 15.7. The van der Waals surface area contributed by atoms with Gasteiger partial charge in [0.1, 0.15) is 29.0 Å². The summed E-state index contributed by atoms with van der Waals surface area (Å²) in [5, 5.41) is 11.2. The highest BCUT2D eigenvalue weighted by Gasteiger charge is 2.33. The maximum absolute atomic E-state index is 13.5. The van der Waals surface area contributed by atoms with E-state index in [-0.39, 0.29) is 17.0 Å². The van der Waals surface area contributed by atoms with Gasteiger partial charge in [-0.15, -0.1) is 0 Å². The van der Waals surface area contributed by atoms with Crippen molar-refractivity contribution < 1.29 is 31.5 Å². The normalized spacial score (nSPS) is 11.0. The molecule has 0 atom stereocenters. The van der Waals surface area contributed by atoms with Crippen LogP contribution in [0.15, 0.2) is 48.7 Å². The van der Waals surface area contributed by atoms with E-state index in [0.717, 1.165) is 30.3 Å². The number of rotatable bonds is 4. The number of anilines is 1. The van der Waals surface area contributed by atoms with E-state index < -0.39 is 40.7 Å². The van der Waals surface area contributed by atoms with Crippen molar-refractivity contribution >= 4 is 11.6 Å². The Hall–Kier alpha value is -4.00. The van der Waals surface area contributed by atoms with Crippen LogP contribution in [0.1, 0.15) is 27.0 Å². The van der Waals surface area contributed by atoms with E-state index in [0.29, 0.717) is 17.8 Å². The molecule has 158 valence electrons. The Bertz CT molecular complexity index is 1200. The number of hydrogen-bond donors (Lipinski definition) is 1. The second-order valence-electron chi connectivity index (χ2n) is 6.35. The summed E-state index contributed by atoms with van der Waals surface area (Å²) in [6.45, 7) is 1.50. The molecule has 31 heavy (non-hydrogen) atoms. The molecule has 10 heteroatoms. The SMILES string of the molecule is Cc1cc(F)ccc1Oc1ncc(C(F)(F)F)cc1C(=O)Nc1ccc(F)c(C#N)c1. The number of ether oxygens (including phenoxy) is 1. The Kier molecular flexibility index (Phi) is 5.88. The Labute approximate surface area is 172 Å². The van der Waals surface area contributed by atoms with E-state index in [9.17, 15) is 26.7 Å². The smallest absolute Gasteiger partial charge is 0.417 e. The minimum Gasteiger partial charge on any atom is -0.438 e. The highest BCUT2D eigenvalue weighted by Crippen LogP contribution is 2.33. The maximum Gasteiger partial charge on any atom is 0.417 e. The van der Waals surface area contributed by atoms with E-state index in [2.05, 4.69) is 10.3 Å². The van der Waals surface area contributed by atoms with E-state index in [4.69, 9.17) is 10.00 Å². The van der Waals surface area contributed by atoms with Gasteiger partial charge in [-0.05, 0) is 55.0 Å². The Balaban J connectivity index is 2.01. The second kappa shape index (κ2) is 8.39. The minimum atomic E-state index is -4.78. The van der Waals surface area contributed by atoms with Gasteiger partial charge in [-0.25, -0.2) is 13.8 Å². The van der Waals surface area contributed by atoms with Crippen molar-refractivity contribution in [1.29, 1.82) is 5.26 Å². The minimum absolute atomic E-state index is 0.0238. The van der Waals surface area contributed by atoms with E-state index in [1.807, 2.05) is 0 Å². The molecule has 0 spiro atoms. The molecular weight excluding hydrogens is 421 g/mol. The molecule has 0 saturated carbocycles. The van der Waals surface area contributed by atoms with Crippen LogP contribution in [0.2, 0.25) is 0 Å². The summed E-state index contributed by atoms with van der Waals surface area (Å²) in [6, 6.07) is 8.69. The van der Waals surface area contributed by atoms with Crippen molar-refractivity contribution in [2.45, 2.75) is 13.1 Å². The quantitative estimate of drug-likeness (QED) is 0.544. The predicted molar refractivity (Wildman–Crippen MR) is 99.5 cm³/mol. The summed E-state index contributed by atoms with van der Waals surface area (Å²) >= 11 is 0. The van der Waals surface area contributed by atoms with Crippen molar-refractivity contribution in [3.8, 4) is 17.7 Å². The summed E-state index contributed by atoms with van der Waals surface area (Å²) in [7, 11) is 0. The Morgan fingerprint density at radius 1 is 1.13 bits per heavy atom. The fraction of sp³-hybridized carbons (Fsp3) is 0.0952. The zero-order chi connectivity index (χ0) is 22.8. The summed E-state index contributed by atoms with van der Waals surface area (Å²) in [5.41, 5.74) is -1.83. The van der Waals surface area contributed by atoms with Crippen LogP contribution in [0.25, 0.3) is 0 Å². The topological polar surface area (TPSA) is 75.0 Å². The van der Waals surface area contributed by atoms with Crippen LogP contribution in [0, 0.1) is 29.9 Å². The molecule has 0 saturated heterocycles. The number of pyridine rings is 1. The maximum atomic E-state index is 13.5. The average Bonchev–Trinajstić information content (AvgIpc) is 2.70. The fourth-order valence-corrected chi connectivity index (χ4v) is 2.57. The van der Waals surface area contributed by atoms with Crippen LogP contribution in [0.3, 0.4) is 0 Å². The van der Waals surface area contributed by atoms with Gasteiger partial charge in [0.05, 0.1) is 11.1 Å². The highest BCUT2D eigenvalue weighted by atomic mass is 19.4. The van der Waals surface area contributed by atoms with E-state index in [1.54, 1.807) is 6.07 Å². The number of carbonyl (C=O) groups excluding carboxylic acids is 1. The van der Waals surface area contributed by atoms with Gasteiger partial charge in [-0.3, -0.25) is 4.79 Å². The van der Waals surface area contributed by atoms with Gasteiger partial charge >= 0.3 is 6.18 Å². The van der Waals surface area contributed by atoms with Crippen LogP contribution in [0.5, 0.6) is 11.6 Å². The number of carbonyl (C=O) groups is 1. The Morgan fingerprint density at radius 3 is 2.52 bits per heavy atom. The number of benzene rings is 2. The number of nitrogens with one attached hydrogen (secondary N) is 1. The standard InChI is InChI=1S/C21H12F5N3O2/c1-11-6-14(22)2-5-18(11)31-20-16(8-13(10-28-20)21(24,25)26)19(30)29-15-3-4-17(23)12(7-15)9-27/h2-8,10H,1H3,(H,29,30). The van der Waals surface area contributed by atoms with Crippen molar-refractivity contribution in [2.75, 3.05) is 5.32 Å². The van der Waals surface area contributed by atoms with Gasteiger partial charge in [0, 0.05) is 11.9 Å². The molecule has 1 amide bonds. The number of aryl methyl sites for hydroxylation is 1. The number of alkyl halides is 3. The van der Waals surface area contributed by atoms with Crippen LogP contribution in [-0.4, -0.2) is 10.9 Å². The number of amides is 1. The molecule has 0 radical (unpaired) electrons. The first-order valence-corrected chi connectivity index (χ1v) is 8.60. The summed E-state index contributed by atoms with van der Waals surface area (Å²) in [5.74, 6) is -2.78. The molecule has 5 nitrogen and oxygen atoms in total. The van der Waals surface area contributed by atoms with Gasteiger partial charge in [0.15, 0.2) is 0 Å². The third-order valence-electron chi connectivity index (χ3n) is 4.11. The lowest BCUT2D eigenvalue weighted by molar-refractivity contribution is -0.137. The van der Waals surface area contributed by atoms with Crippen LogP contribution in [0.4, 0.5) is 27.6 Å². The van der Waals surface area contributed by atoms with Gasteiger partial charge < -0.3 is 10.1 Å². The Morgan fingerprint density at radius 2 is 1.87 bits per heavy atom. The first kappa shape index (κ1) is 21.7.